The van der Waals surface area contributed by atoms with E-state index in [9.17, 15) is 4.79 Å². The smallest absolute Gasteiger partial charge is 0.161 e. The average Bonchev–Trinajstić information content (AvgIpc) is 2.64. The third-order valence-corrected chi connectivity index (χ3v) is 4.38. The number of thiophene rings is 1. The number of hydrogen-bond donors (Lipinski definition) is 1. The molecule has 0 aliphatic carbocycles. The molecule has 1 aromatic heterocycles. The summed E-state index contributed by atoms with van der Waals surface area (Å²) < 4.78 is 0. The van der Waals surface area contributed by atoms with Gasteiger partial charge >= 0.3 is 0 Å². The zero-order valence-electron chi connectivity index (χ0n) is 12.4. The Morgan fingerprint density at radius 1 is 1.42 bits per heavy atom. The third kappa shape index (κ3) is 3.67. The Labute approximate surface area is 120 Å². The molecule has 4 heteroatoms. The van der Waals surface area contributed by atoms with E-state index >= 15 is 0 Å². The van der Waals surface area contributed by atoms with Crippen molar-refractivity contribution in [2.45, 2.75) is 40.7 Å². The normalized spacial score (nSPS) is 10.6. The number of carbonyl (C=O) groups is 1. The van der Waals surface area contributed by atoms with Crippen LogP contribution in [-0.2, 0) is 13.0 Å². The van der Waals surface area contributed by atoms with Crippen molar-refractivity contribution in [3.8, 4) is 0 Å². The fourth-order valence-electron chi connectivity index (χ4n) is 2.35. The van der Waals surface area contributed by atoms with Gasteiger partial charge in [-0.3, -0.25) is 4.79 Å². The van der Waals surface area contributed by atoms with Crippen molar-refractivity contribution in [2.75, 3.05) is 13.1 Å². The molecule has 0 saturated carbocycles. The molecule has 0 radical (unpaired) electrons. The van der Waals surface area contributed by atoms with Crippen LogP contribution in [0.5, 0.6) is 0 Å². The lowest BCUT2D eigenvalue weighted by Crippen LogP contribution is -2.27. The van der Waals surface area contributed by atoms with E-state index in [1.807, 2.05) is 13.8 Å². The Balaban J connectivity index is 3.10. The van der Waals surface area contributed by atoms with Crippen molar-refractivity contribution >= 4 is 17.1 Å². The van der Waals surface area contributed by atoms with E-state index in [2.05, 4.69) is 18.4 Å². The maximum absolute atomic E-state index is 11.8. The van der Waals surface area contributed by atoms with Gasteiger partial charge in [0.05, 0.1) is 6.54 Å². The molecule has 19 heavy (non-hydrogen) atoms. The molecule has 3 nitrogen and oxygen atoms in total. The summed E-state index contributed by atoms with van der Waals surface area (Å²) in [6, 6.07) is 0. The first-order valence-electron chi connectivity index (χ1n) is 6.64. The van der Waals surface area contributed by atoms with Crippen molar-refractivity contribution in [1.82, 2.24) is 4.90 Å². The first kappa shape index (κ1) is 15.9. The summed E-state index contributed by atoms with van der Waals surface area (Å²) in [7, 11) is 0. The lowest BCUT2D eigenvalue weighted by atomic mass is 10.0. The van der Waals surface area contributed by atoms with Gasteiger partial charge < -0.3 is 10.6 Å². The molecule has 0 unspecified atom stereocenters. The molecule has 0 aliphatic rings. The summed E-state index contributed by atoms with van der Waals surface area (Å²) in [5.74, 6) is 0.164. The molecule has 1 heterocycles. The molecular weight excluding hydrogens is 256 g/mol. The van der Waals surface area contributed by atoms with Gasteiger partial charge in [0.25, 0.3) is 0 Å². The van der Waals surface area contributed by atoms with Crippen LogP contribution in [0.3, 0.4) is 0 Å². The second-order valence-corrected chi connectivity index (χ2v) is 6.10. The highest BCUT2D eigenvalue weighted by Crippen LogP contribution is 2.30. The minimum atomic E-state index is 0.164. The second kappa shape index (κ2) is 6.87. The Hall–Kier alpha value is -1.13. The molecule has 1 aromatic rings. The second-order valence-electron chi connectivity index (χ2n) is 4.79. The topological polar surface area (TPSA) is 46.3 Å². The third-order valence-electron chi connectivity index (χ3n) is 3.25. The van der Waals surface area contributed by atoms with Gasteiger partial charge in [0.15, 0.2) is 5.78 Å². The van der Waals surface area contributed by atoms with E-state index < -0.39 is 0 Å². The maximum atomic E-state index is 11.8. The summed E-state index contributed by atoms with van der Waals surface area (Å²) in [5.41, 5.74) is 8.76. The predicted octanol–water partition coefficient (Wildman–Crippen LogP) is 3.12. The number of nitrogens with two attached hydrogens (primary N) is 1. The summed E-state index contributed by atoms with van der Waals surface area (Å²) in [6.45, 7) is 14.0. The molecule has 0 atom stereocenters. The van der Waals surface area contributed by atoms with Gasteiger partial charge in [-0.1, -0.05) is 13.5 Å². The highest BCUT2D eigenvalue weighted by molar-refractivity contribution is 7.12. The van der Waals surface area contributed by atoms with E-state index in [1.54, 1.807) is 18.3 Å². The number of ketones is 1. The number of nitrogens with zero attached hydrogens (tertiary/aromatic N) is 1. The van der Waals surface area contributed by atoms with Crippen LogP contribution >= 0.6 is 11.3 Å². The van der Waals surface area contributed by atoms with Crippen LogP contribution in [0.2, 0.25) is 0 Å². The molecule has 0 aliphatic heterocycles. The van der Waals surface area contributed by atoms with E-state index in [-0.39, 0.29) is 5.78 Å². The van der Waals surface area contributed by atoms with Crippen molar-refractivity contribution in [3.05, 3.63) is 33.2 Å². The van der Waals surface area contributed by atoms with Gasteiger partial charge in [0, 0.05) is 34.1 Å². The van der Waals surface area contributed by atoms with E-state index in [1.165, 1.54) is 10.4 Å². The average molecular weight is 280 g/mol. The van der Waals surface area contributed by atoms with Crippen LogP contribution in [-0.4, -0.2) is 23.8 Å². The van der Waals surface area contributed by atoms with Gasteiger partial charge in [-0.25, -0.2) is 0 Å². The number of rotatable bonds is 7. The van der Waals surface area contributed by atoms with E-state index in [4.69, 9.17) is 5.73 Å². The van der Waals surface area contributed by atoms with E-state index in [0.29, 0.717) is 6.54 Å². The summed E-state index contributed by atoms with van der Waals surface area (Å²) in [6.07, 6.45) is 0.890. The standard InChI is InChI=1S/C15H24N2OS/c1-6-13-14(9-17(8-7-16)10(2)3)19-12(5)15(13)11(4)18/h2,6-9,16H2,1,3-5H3. The molecule has 0 spiro atoms. The molecule has 0 bridgehead atoms. The molecule has 0 saturated heterocycles. The van der Waals surface area contributed by atoms with Crippen LogP contribution in [0.25, 0.3) is 0 Å². The minimum Gasteiger partial charge on any atom is -0.369 e. The number of carbonyl (C=O) groups excluding carboxylic acids is 1. The number of Topliss-reactive ketones (excluding diaryl/α,β-unsaturated/α-hetero) is 1. The van der Waals surface area contributed by atoms with Gasteiger partial charge in [0.2, 0.25) is 0 Å². The van der Waals surface area contributed by atoms with Gasteiger partial charge in [-0.2, -0.15) is 0 Å². The Kier molecular flexibility index (Phi) is 5.76. The van der Waals surface area contributed by atoms with Crippen molar-refractivity contribution in [3.63, 3.8) is 0 Å². The SMILES string of the molecule is C=C(C)N(CCN)Cc1sc(C)c(C(C)=O)c1CC. The zero-order valence-corrected chi connectivity index (χ0v) is 13.2. The van der Waals surface area contributed by atoms with Gasteiger partial charge in [-0.15, -0.1) is 11.3 Å². The summed E-state index contributed by atoms with van der Waals surface area (Å²) in [5, 5.41) is 0. The Bertz CT molecular complexity index is 477. The van der Waals surface area contributed by atoms with Crippen LogP contribution in [0, 0.1) is 6.92 Å². The summed E-state index contributed by atoms with van der Waals surface area (Å²) >= 11 is 1.72. The molecular formula is C15H24N2OS. The number of aryl methyl sites for hydroxylation is 1. The van der Waals surface area contributed by atoms with Crippen LogP contribution in [0.4, 0.5) is 0 Å². The maximum Gasteiger partial charge on any atom is 0.161 e. The Morgan fingerprint density at radius 3 is 2.47 bits per heavy atom. The molecule has 0 fully saturated rings. The fourth-order valence-corrected chi connectivity index (χ4v) is 3.67. The highest BCUT2D eigenvalue weighted by atomic mass is 32.1. The molecule has 1 rings (SSSR count). The monoisotopic (exact) mass is 280 g/mol. The van der Waals surface area contributed by atoms with E-state index in [0.717, 1.165) is 35.6 Å². The van der Waals surface area contributed by atoms with Crippen molar-refractivity contribution in [2.24, 2.45) is 5.73 Å². The lowest BCUT2D eigenvalue weighted by molar-refractivity contribution is 0.101. The number of hydrogen-bond acceptors (Lipinski definition) is 4. The molecule has 0 aromatic carbocycles. The van der Waals surface area contributed by atoms with Crippen LogP contribution < -0.4 is 5.73 Å². The molecule has 2 N–H and O–H groups in total. The van der Waals surface area contributed by atoms with Crippen LogP contribution in [0.1, 0.15) is 46.4 Å². The quantitative estimate of drug-likeness (QED) is 0.781. The predicted molar refractivity (Wildman–Crippen MR) is 82.7 cm³/mol. The highest BCUT2D eigenvalue weighted by Gasteiger charge is 2.19. The first-order chi connectivity index (χ1) is 8.92. The van der Waals surface area contributed by atoms with Gasteiger partial charge in [-0.05, 0) is 32.8 Å². The fraction of sp³-hybridized carbons (Fsp3) is 0.533. The largest absolute Gasteiger partial charge is 0.369 e. The Morgan fingerprint density at radius 2 is 2.05 bits per heavy atom. The first-order valence-corrected chi connectivity index (χ1v) is 7.46. The van der Waals surface area contributed by atoms with Crippen molar-refractivity contribution in [1.29, 1.82) is 0 Å². The minimum absolute atomic E-state index is 0.164. The lowest BCUT2D eigenvalue weighted by Gasteiger charge is -2.24. The summed E-state index contributed by atoms with van der Waals surface area (Å²) in [4.78, 5) is 16.3. The zero-order chi connectivity index (χ0) is 14.6. The number of allylic oxidation sites excluding steroid dienone is 1. The molecule has 106 valence electrons. The molecule has 0 amide bonds. The van der Waals surface area contributed by atoms with Gasteiger partial charge in [0.1, 0.15) is 0 Å². The van der Waals surface area contributed by atoms with Crippen molar-refractivity contribution < 1.29 is 4.79 Å². The van der Waals surface area contributed by atoms with Crippen LogP contribution in [0.15, 0.2) is 12.3 Å².